The monoisotopic (exact) mass is 345 g/mol. The number of nitrogens with one attached hydrogen (secondary N) is 1. The molecule has 0 radical (unpaired) electrons. The van der Waals surface area contributed by atoms with Crippen LogP contribution in [0.4, 0.5) is 17.1 Å². The van der Waals surface area contributed by atoms with Gasteiger partial charge in [-0.2, -0.15) is 0 Å². The highest BCUT2D eigenvalue weighted by atomic mass is 79.9. The lowest BCUT2D eigenvalue weighted by Gasteiger charge is -2.10. The van der Waals surface area contributed by atoms with E-state index in [-0.39, 0.29) is 11.8 Å². The fourth-order valence-corrected chi connectivity index (χ4v) is 2.59. The Bertz CT molecular complexity index is 774. The van der Waals surface area contributed by atoms with Gasteiger partial charge in [0.05, 0.1) is 22.5 Å². The van der Waals surface area contributed by atoms with Crippen LogP contribution in [0.15, 0.2) is 40.9 Å². The number of nitrogen functional groups attached to an aromatic ring is 1. The molecule has 0 spiro atoms. The molecular formula is C15H12BrN3O2. The number of carbonyl (C=O) groups is 2. The fraction of sp³-hybridized carbons (Fsp3) is 0.0667. The quantitative estimate of drug-likeness (QED) is 0.648. The Balaban J connectivity index is 1.97. The van der Waals surface area contributed by atoms with Crippen LogP contribution >= 0.6 is 15.9 Å². The van der Waals surface area contributed by atoms with E-state index in [1.54, 1.807) is 24.3 Å². The Hall–Kier alpha value is -2.34. The van der Waals surface area contributed by atoms with Gasteiger partial charge in [0.1, 0.15) is 0 Å². The molecule has 5 nitrogen and oxygen atoms in total. The summed E-state index contributed by atoms with van der Waals surface area (Å²) in [4.78, 5) is 24.9. The molecule has 21 heavy (non-hydrogen) atoms. The number of halogens is 1. The maximum absolute atomic E-state index is 12.0. The predicted octanol–water partition coefficient (Wildman–Crippen LogP) is 3.00. The van der Waals surface area contributed by atoms with Gasteiger partial charge in [0, 0.05) is 17.2 Å². The molecule has 0 saturated heterocycles. The Kier molecular flexibility index (Phi) is 3.17. The summed E-state index contributed by atoms with van der Waals surface area (Å²) < 4.78 is 0.895. The number of hydrogen-bond acceptors (Lipinski definition) is 4. The molecule has 1 heterocycles. The fourth-order valence-electron chi connectivity index (χ4n) is 2.23. The molecule has 106 valence electrons. The third-order valence-corrected chi connectivity index (χ3v) is 3.88. The largest absolute Gasteiger partial charge is 0.397 e. The van der Waals surface area contributed by atoms with Crippen LogP contribution in [0.1, 0.15) is 20.7 Å². The van der Waals surface area contributed by atoms with Gasteiger partial charge in [-0.1, -0.05) is 15.9 Å². The van der Waals surface area contributed by atoms with Crippen LogP contribution in [-0.4, -0.2) is 23.8 Å². The zero-order valence-electron chi connectivity index (χ0n) is 11.2. The number of fused-ring (bicyclic) bond motifs is 1. The Morgan fingerprint density at radius 1 is 1.05 bits per heavy atom. The number of hydrogen-bond donors (Lipinski definition) is 2. The number of rotatable bonds is 2. The van der Waals surface area contributed by atoms with E-state index < -0.39 is 0 Å². The van der Waals surface area contributed by atoms with Crippen molar-refractivity contribution in [3.63, 3.8) is 0 Å². The molecule has 3 rings (SSSR count). The van der Waals surface area contributed by atoms with E-state index in [1.165, 1.54) is 7.05 Å². The van der Waals surface area contributed by atoms with Crippen molar-refractivity contribution in [3.05, 3.63) is 52.0 Å². The lowest BCUT2D eigenvalue weighted by molar-refractivity contribution is 0.0693. The highest BCUT2D eigenvalue weighted by molar-refractivity contribution is 9.10. The van der Waals surface area contributed by atoms with Crippen LogP contribution in [0.25, 0.3) is 0 Å². The Labute approximate surface area is 129 Å². The number of benzene rings is 2. The molecule has 0 bridgehead atoms. The maximum atomic E-state index is 12.0. The predicted molar refractivity (Wildman–Crippen MR) is 84.7 cm³/mol. The normalized spacial score (nSPS) is 13.5. The summed E-state index contributed by atoms with van der Waals surface area (Å²) >= 11 is 3.38. The topological polar surface area (TPSA) is 75.4 Å². The van der Waals surface area contributed by atoms with Gasteiger partial charge in [-0.25, -0.2) is 0 Å². The number of anilines is 3. The first-order valence-electron chi connectivity index (χ1n) is 6.26. The van der Waals surface area contributed by atoms with Crippen molar-refractivity contribution in [3.8, 4) is 0 Å². The summed E-state index contributed by atoms with van der Waals surface area (Å²) in [6, 6.07) is 10.5. The van der Waals surface area contributed by atoms with Gasteiger partial charge >= 0.3 is 0 Å². The summed E-state index contributed by atoms with van der Waals surface area (Å²) in [5.41, 5.74) is 8.77. The molecule has 0 aliphatic carbocycles. The molecule has 2 aromatic carbocycles. The van der Waals surface area contributed by atoms with Crippen LogP contribution in [0.2, 0.25) is 0 Å². The molecule has 0 atom stereocenters. The van der Waals surface area contributed by atoms with Gasteiger partial charge in [-0.3, -0.25) is 14.5 Å². The van der Waals surface area contributed by atoms with Crippen LogP contribution < -0.4 is 11.1 Å². The van der Waals surface area contributed by atoms with Crippen molar-refractivity contribution in [1.29, 1.82) is 0 Å². The molecule has 2 amide bonds. The van der Waals surface area contributed by atoms with E-state index in [1.807, 2.05) is 12.1 Å². The number of carbonyl (C=O) groups excluding carboxylic acids is 2. The molecule has 3 N–H and O–H groups in total. The lowest BCUT2D eigenvalue weighted by atomic mass is 10.1. The van der Waals surface area contributed by atoms with E-state index >= 15 is 0 Å². The molecule has 1 aliphatic rings. The van der Waals surface area contributed by atoms with Gasteiger partial charge in [-0.15, -0.1) is 0 Å². The van der Waals surface area contributed by atoms with E-state index in [9.17, 15) is 9.59 Å². The second kappa shape index (κ2) is 4.89. The minimum Gasteiger partial charge on any atom is -0.397 e. The van der Waals surface area contributed by atoms with Crippen LogP contribution in [0.3, 0.4) is 0 Å². The van der Waals surface area contributed by atoms with E-state index in [0.717, 1.165) is 15.1 Å². The first-order valence-corrected chi connectivity index (χ1v) is 7.05. The van der Waals surface area contributed by atoms with E-state index in [0.29, 0.717) is 22.5 Å². The minimum absolute atomic E-state index is 0.275. The van der Waals surface area contributed by atoms with Crippen molar-refractivity contribution in [2.75, 3.05) is 18.1 Å². The van der Waals surface area contributed by atoms with Crippen molar-refractivity contribution < 1.29 is 9.59 Å². The van der Waals surface area contributed by atoms with Gasteiger partial charge in [-0.05, 0) is 36.4 Å². The second-order valence-corrected chi connectivity index (χ2v) is 5.70. The molecule has 0 fully saturated rings. The van der Waals surface area contributed by atoms with Crippen molar-refractivity contribution in [2.24, 2.45) is 0 Å². The third-order valence-electron chi connectivity index (χ3n) is 3.38. The first kappa shape index (κ1) is 13.6. The second-order valence-electron chi connectivity index (χ2n) is 4.79. The molecule has 0 saturated carbocycles. The summed E-state index contributed by atoms with van der Waals surface area (Å²) in [6.07, 6.45) is 0. The molecule has 2 aromatic rings. The molecule has 0 unspecified atom stereocenters. The smallest absolute Gasteiger partial charge is 0.261 e. The van der Waals surface area contributed by atoms with Crippen molar-refractivity contribution in [2.45, 2.75) is 0 Å². The molecule has 6 heteroatoms. The molecule has 1 aliphatic heterocycles. The summed E-state index contributed by atoms with van der Waals surface area (Å²) in [7, 11) is 1.48. The van der Waals surface area contributed by atoms with Gasteiger partial charge in [0.15, 0.2) is 0 Å². The SMILES string of the molecule is CN1C(=O)c2ccc(Nc3cc(Br)ccc3N)cc2C1=O. The van der Waals surface area contributed by atoms with Crippen LogP contribution in [0.5, 0.6) is 0 Å². The molecule has 0 aromatic heterocycles. The van der Waals surface area contributed by atoms with Gasteiger partial charge in [0.25, 0.3) is 11.8 Å². The number of nitrogens with two attached hydrogens (primary N) is 1. The molecular weight excluding hydrogens is 334 g/mol. The Morgan fingerprint density at radius 2 is 1.76 bits per heavy atom. The van der Waals surface area contributed by atoms with E-state index in [2.05, 4.69) is 21.2 Å². The maximum Gasteiger partial charge on any atom is 0.261 e. The first-order chi connectivity index (χ1) is 9.97. The summed E-state index contributed by atoms with van der Waals surface area (Å²) in [5.74, 6) is -0.565. The number of amides is 2. The highest BCUT2D eigenvalue weighted by Crippen LogP contribution is 2.30. The average Bonchev–Trinajstić information content (AvgIpc) is 2.68. The van der Waals surface area contributed by atoms with Crippen molar-refractivity contribution in [1.82, 2.24) is 4.90 Å². The van der Waals surface area contributed by atoms with Crippen molar-refractivity contribution >= 4 is 44.8 Å². The van der Waals surface area contributed by atoms with Crippen LogP contribution in [-0.2, 0) is 0 Å². The van der Waals surface area contributed by atoms with E-state index in [4.69, 9.17) is 5.73 Å². The summed E-state index contributed by atoms with van der Waals surface area (Å²) in [5, 5.41) is 3.16. The highest BCUT2D eigenvalue weighted by Gasteiger charge is 2.32. The minimum atomic E-state index is -0.291. The third kappa shape index (κ3) is 2.27. The summed E-state index contributed by atoms with van der Waals surface area (Å²) in [6.45, 7) is 0. The number of nitrogens with zero attached hydrogens (tertiary/aromatic N) is 1. The zero-order valence-corrected chi connectivity index (χ0v) is 12.8. The number of imide groups is 1. The lowest BCUT2D eigenvalue weighted by Crippen LogP contribution is -2.24. The van der Waals surface area contributed by atoms with Gasteiger partial charge in [0.2, 0.25) is 0 Å². The van der Waals surface area contributed by atoms with Gasteiger partial charge < -0.3 is 11.1 Å². The zero-order chi connectivity index (χ0) is 15.1. The standard InChI is InChI=1S/C15H12BrN3O2/c1-19-14(20)10-4-3-9(7-11(10)15(19)21)18-13-6-8(16)2-5-12(13)17/h2-7,18H,17H2,1H3. The average molecular weight is 346 g/mol. The van der Waals surface area contributed by atoms with Crippen LogP contribution in [0, 0.1) is 0 Å². The Morgan fingerprint density at radius 3 is 2.52 bits per heavy atom.